The number of hydrogen-bond donors (Lipinski definition) is 2. The maximum absolute atomic E-state index is 9.49. The SMILES string of the molecule is COCc1ccc(-c2cc(OC)cc(B(O)O)c2I)cc1. The molecule has 0 radical (unpaired) electrons. The summed E-state index contributed by atoms with van der Waals surface area (Å²) in [5, 5.41) is 19.0. The molecule has 2 rings (SSSR count). The summed E-state index contributed by atoms with van der Waals surface area (Å²) in [5.74, 6) is 0.592. The average Bonchev–Trinajstić information content (AvgIpc) is 2.48. The van der Waals surface area contributed by atoms with Crippen molar-refractivity contribution in [1.29, 1.82) is 0 Å². The third-order valence-corrected chi connectivity index (χ3v) is 4.37. The van der Waals surface area contributed by atoms with Crippen LogP contribution >= 0.6 is 22.6 Å². The predicted molar refractivity (Wildman–Crippen MR) is 91.7 cm³/mol. The molecule has 0 aliphatic heterocycles. The van der Waals surface area contributed by atoms with Crippen LogP contribution in [0.3, 0.4) is 0 Å². The molecule has 0 heterocycles. The lowest BCUT2D eigenvalue weighted by atomic mass is 9.79. The first kappa shape index (κ1) is 16.3. The fraction of sp³-hybridized carbons (Fsp3) is 0.200. The van der Waals surface area contributed by atoms with E-state index in [1.807, 2.05) is 30.3 Å². The van der Waals surface area contributed by atoms with Crippen molar-refractivity contribution in [3.63, 3.8) is 0 Å². The van der Waals surface area contributed by atoms with Crippen molar-refractivity contribution < 1.29 is 19.5 Å². The fourth-order valence-electron chi connectivity index (χ4n) is 2.08. The van der Waals surface area contributed by atoms with Gasteiger partial charge in [0.1, 0.15) is 5.75 Å². The van der Waals surface area contributed by atoms with Crippen LogP contribution in [0.5, 0.6) is 5.75 Å². The van der Waals surface area contributed by atoms with Gasteiger partial charge in [0.2, 0.25) is 0 Å². The second-order valence-corrected chi connectivity index (χ2v) is 5.66. The summed E-state index contributed by atoms with van der Waals surface area (Å²) in [7, 11) is 1.69. The minimum atomic E-state index is -1.53. The molecule has 0 spiro atoms. The Hall–Kier alpha value is -1.09. The lowest BCUT2D eigenvalue weighted by Crippen LogP contribution is -2.32. The summed E-state index contributed by atoms with van der Waals surface area (Å²) in [5.41, 5.74) is 3.41. The van der Waals surface area contributed by atoms with Gasteiger partial charge in [-0.15, -0.1) is 0 Å². The summed E-state index contributed by atoms with van der Waals surface area (Å²) in [6.07, 6.45) is 0. The van der Waals surface area contributed by atoms with Gasteiger partial charge in [0, 0.05) is 10.7 Å². The molecule has 0 saturated carbocycles. The normalized spacial score (nSPS) is 10.5. The Morgan fingerprint density at radius 2 is 1.76 bits per heavy atom. The van der Waals surface area contributed by atoms with Crippen LogP contribution in [0.2, 0.25) is 0 Å². The van der Waals surface area contributed by atoms with Gasteiger partial charge in [-0.2, -0.15) is 0 Å². The van der Waals surface area contributed by atoms with Crippen LogP contribution in [0.15, 0.2) is 36.4 Å². The van der Waals surface area contributed by atoms with E-state index in [9.17, 15) is 10.0 Å². The first-order chi connectivity index (χ1) is 10.1. The Balaban J connectivity index is 2.49. The molecule has 0 amide bonds. The Morgan fingerprint density at radius 1 is 1.10 bits per heavy atom. The number of ether oxygens (including phenoxy) is 2. The molecule has 0 bridgehead atoms. The Morgan fingerprint density at radius 3 is 2.29 bits per heavy atom. The maximum Gasteiger partial charge on any atom is 0.489 e. The highest BCUT2D eigenvalue weighted by atomic mass is 127. The molecular weight excluding hydrogens is 382 g/mol. The van der Waals surface area contributed by atoms with Gasteiger partial charge in [0.05, 0.1) is 13.7 Å². The van der Waals surface area contributed by atoms with E-state index in [4.69, 9.17) is 9.47 Å². The van der Waals surface area contributed by atoms with Gasteiger partial charge >= 0.3 is 7.12 Å². The Kier molecular flexibility index (Phi) is 5.63. The molecule has 0 atom stereocenters. The predicted octanol–water partition coefficient (Wildman–Crippen LogP) is 1.79. The molecule has 0 aliphatic rings. The number of halogens is 1. The van der Waals surface area contributed by atoms with Gasteiger partial charge in [-0.25, -0.2) is 0 Å². The molecule has 2 N–H and O–H groups in total. The monoisotopic (exact) mass is 398 g/mol. The fourth-order valence-corrected chi connectivity index (χ4v) is 2.98. The summed E-state index contributed by atoms with van der Waals surface area (Å²) in [6.45, 7) is 0.566. The Bertz CT molecular complexity index is 614. The number of rotatable bonds is 5. The number of benzene rings is 2. The van der Waals surface area contributed by atoms with Gasteiger partial charge in [-0.3, -0.25) is 0 Å². The van der Waals surface area contributed by atoms with Crippen LogP contribution in [-0.2, 0) is 11.3 Å². The topological polar surface area (TPSA) is 58.9 Å². The number of methoxy groups -OCH3 is 2. The highest BCUT2D eigenvalue weighted by molar-refractivity contribution is 14.1. The maximum atomic E-state index is 9.49. The third-order valence-electron chi connectivity index (χ3n) is 3.16. The smallest absolute Gasteiger partial charge is 0.489 e. The third kappa shape index (κ3) is 3.76. The van der Waals surface area contributed by atoms with Crippen molar-refractivity contribution in [1.82, 2.24) is 0 Å². The minimum absolute atomic E-state index is 0.436. The standard InChI is InChI=1S/C15H16BIO4/c1-20-9-10-3-5-11(6-4-10)13-7-12(21-2)8-14(15(13)17)16(18)19/h3-8,18-19H,9H2,1-2H3. The highest BCUT2D eigenvalue weighted by Crippen LogP contribution is 2.28. The van der Waals surface area contributed by atoms with E-state index in [-0.39, 0.29) is 0 Å². The van der Waals surface area contributed by atoms with E-state index in [0.29, 0.717) is 17.8 Å². The lowest BCUT2D eigenvalue weighted by molar-refractivity contribution is 0.185. The van der Waals surface area contributed by atoms with Gasteiger partial charge in [0.15, 0.2) is 0 Å². The zero-order valence-electron chi connectivity index (χ0n) is 11.8. The van der Waals surface area contributed by atoms with Crippen molar-refractivity contribution in [2.24, 2.45) is 0 Å². The minimum Gasteiger partial charge on any atom is -0.497 e. The lowest BCUT2D eigenvalue weighted by Gasteiger charge is -2.13. The van der Waals surface area contributed by atoms with E-state index < -0.39 is 7.12 Å². The molecule has 0 aliphatic carbocycles. The quantitative estimate of drug-likeness (QED) is 0.596. The molecule has 110 valence electrons. The summed E-state index contributed by atoms with van der Waals surface area (Å²) in [6, 6.07) is 11.5. The molecule has 4 nitrogen and oxygen atoms in total. The van der Waals surface area contributed by atoms with Gasteiger partial charge in [-0.05, 0) is 56.9 Å². The molecular formula is C15H16BIO4. The van der Waals surface area contributed by atoms with Crippen molar-refractivity contribution >= 4 is 35.2 Å². The van der Waals surface area contributed by atoms with E-state index in [1.54, 1.807) is 20.3 Å². The molecule has 2 aromatic carbocycles. The van der Waals surface area contributed by atoms with Gasteiger partial charge < -0.3 is 19.5 Å². The van der Waals surface area contributed by atoms with E-state index in [2.05, 4.69) is 22.6 Å². The van der Waals surface area contributed by atoms with Crippen LogP contribution in [-0.4, -0.2) is 31.4 Å². The highest BCUT2D eigenvalue weighted by Gasteiger charge is 2.19. The molecule has 2 aromatic rings. The second-order valence-electron chi connectivity index (χ2n) is 4.58. The van der Waals surface area contributed by atoms with E-state index in [1.165, 1.54) is 0 Å². The molecule has 0 aromatic heterocycles. The van der Waals surface area contributed by atoms with Gasteiger partial charge in [0.25, 0.3) is 0 Å². The molecule has 6 heteroatoms. The first-order valence-electron chi connectivity index (χ1n) is 6.38. The molecule has 0 fully saturated rings. The first-order valence-corrected chi connectivity index (χ1v) is 7.46. The van der Waals surface area contributed by atoms with E-state index >= 15 is 0 Å². The van der Waals surface area contributed by atoms with Gasteiger partial charge in [-0.1, -0.05) is 24.3 Å². The Labute approximate surface area is 138 Å². The van der Waals surface area contributed by atoms with E-state index in [0.717, 1.165) is 20.3 Å². The summed E-state index contributed by atoms with van der Waals surface area (Å²) in [4.78, 5) is 0. The zero-order chi connectivity index (χ0) is 15.4. The second kappa shape index (κ2) is 7.26. The van der Waals surface area contributed by atoms with Crippen molar-refractivity contribution in [2.75, 3.05) is 14.2 Å². The zero-order valence-corrected chi connectivity index (χ0v) is 14.0. The van der Waals surface area contributed by atoms with Crippen molar-refractivity contribution in [3.05, 3.63) is 45.5 Å². The van der Waals surface area contributed by atoms with Crippen molar-refractivity contribution in [3.8, 4) is 16.9 Å². The summed E-state index contributed by atoms with van der Waals surface area (Å²) >= 11 is 2.12. The van der Waals surface area contributed by atoms with Crippen LogP contribution in [0.1, 0.15) is 5.56 Å². The molecule has 0 saturated heterocycles. The molecule has 21 heavy (non-hydrogen) atoms. The van der Waals surface area contributed by atoms with Crippen LogP contribution in [0.4, 0.5) is 0 Å². The largest absolute Gasteiger partial charge is 0.497 e. The van der Waals surface area contributed by atoms with Crippen molar-refractivity contribution in [2.45, 2.75) is 6.61 Å². The van der Waals surface area contributed by atoms with Crippen LogP contribution < -0.4 is 10.2 Å². The van der Waals surface area contributed by atoms with Crippen LogP contribution in [0.25, 0.3) is 11.1 Å². The average molecular weight is 398 g/mol. The summed E-state index contributed by atoms with van der Waals surface area (Å²) < 4.78 is 11.1. The number of hydrogen-bond acceptors (Lipinski definition) is 4. The molecule has 0 unspecified atom stereocenters. The van der Waals surface area contributed by atoms with Crippen LogP contribution in [0, 0.1) is 3.57 Å².